The Morgan fingerprint density at radius 3 is 2.65 bits per heavy atom. The molecule has 0 radical (unpaired) electrons. The summed E-state index contributed by atoms with van der Waals surface area (Å²) in [6, 6.07) is 5.12. The normalized spacial score (nSPS) is 14.2. The fraction of sp³-hybridized carbons (Fsp3) is 0.417. The minimum atomic E-state index is -1.57. The predicted molar refractivity (Wildman–Crippen MR) is 66.5 cm³/mol. The zero-order valence-corrected chi connectivity index (χ0v) is 11.3. The number of carbonyl (C=O) groups is 1. The maximum absolute atomic E-state index is 11.3. The van der Waals surface area contributed by atoms with Gasteiger partial charge in [0.15, 0.2) is 6.10 Å². The molecule has 4 nitrogen and oxygen atoms in total. The van der Waals surface area contributed by atoms with Crippen LogP contribution in [0.2, 0.25) is 0 Å². The van der Waals surface area contributed by atoms with Crippen LogP contribution in [0.4, 0.5) is 0 Å². The third-order valence-corrected chi connectivity index (χ3v) is 3.22. The van der Waals surface area contributed by atoms with E-state index < -0.39 is 18.2 Å². The van der Waals surface area contributed by atoms with Crippen molar-refractivity contribution in [3.63, 3.8) is 0 Å². The third-order valence-electron chi connectivity index (χ3n) is 2.36. The highest BCUT2D eigenvalue weighted by Crippen LogP contribution is 2.24. The highest BCUT2D eigenvalue weighted by Gasteiger charge is 2.27. The van der Waals surface area contributed by atoms with Crippen LogP contribution in [0.1, 0.15) is 24.2 Å². The van der Waals surface area contributed by atoms with Gasteiger partial charge in [0.2, 0.25) is 0 Å². The lowest BCUT2D eigenvalue weighted by molar-refractivity contribution is -0.159. The second kappa shape index (κ2) is 6.14. The molecular weight excluding hydrogens is 288 g/mol. The van der Waals surface area contributed by atoms with Crippen molar-refractivity contribution in [1.82, 2.24) is 0 Å². The van der Waals surface area contributed by atoms with E-state index in [2.05, 4.69) is 20.7 Å². The lowest BCUT2D eigenvalue weighted by Crippen LogP contribution is -2.29. The highest BCUT2D eigenvalue weighted by molar-refractivity contribution is 9.10. The summed E-state index contributed by atoms with van der Waals surface area (Å²) in [6.45, 7) is 3.71. The monoisotopic (exact) mass is 302 g/mol. The number of hydrogen-bond donors (Lipinski definition) is 2. The Kier molecular flexibility index (Phi) is 5.11. The Morgan fingerprint density at radius 2 is 2.12 bits per heavy atom. The van der Waals surface area contributed by atoms with Crippen molar-refractivity contribution in [3.05, 3.63) is 33.8 Å². The van der Waals surface area contributed by atoms with Crippen LogP contribution in [0.15, 0.2) is 22.7 Å². The van der Waals surface area contributed by atoms with Crippen LogP contribution < -0.4 is 0 Å². The van der Waals surface area contributed by atoms with Crippen molar-refractivity contribution in [2.45, 2.75) is 26.1 Å². The van der Waals surface area contributed by atoms with E-state index in [0.29, 0.717) is 5.56 Å². The van der Waals surface area contributed by atoms with E-state index in [1.54, 1.807) is 25.1 Å². The molecule has 94 valence electrons. The molecule has 2 atom stereocenters. The van der Waals surface area contributed by atoms with Crippen LogP contribution in [0.5, 0.6) is 0 Å². The van der Waals surface area contributed by atoms with E-state index in [9.17, 15) is 15.0 Å². The molecule has 0 fully saturated rings. The van der Waals surface area contributed by atoms with E-state index in [4.69, 9.17) is 0 Å². The van der Waals surface area contributed by atoms with Gasteiger partial charge < -0.3 is 14.9 Å². The summed E-state index contributed by atoms with van der Waals surface area (Å²) in [7, 11) is 0. The van der Waals surface area contributed by atoms with Gasteiger partial charge in [0.05, 0.1) is 6.61 Å². The number of aliphatic hydroxyl groups excluding tert-OH is 2. The number of hydrogen-bond acceptors (Lipinski definition) is 4. The maximum atomic E-state index is 11.3. The van der Waals surface area contributed by atoms with Crippen LogP contribution in [-0.2, 0) is 9.53 Å². The van der Waals surface area contributed by atoms with Gasteiger partial charge in [-0.05, 0) is 31.0 Å². The fourth-order valence-corrected chi connectivity index (χ4v) is 1.73. The number of halogens is 1. The first kappa shape index (κ1) is 14.2. The molecular formula is C12H15BrO4. The average molecular weight is 303 g/mol. The standard InChI is InChI=1S/C12H15BrO4/c1-3-17-12(16)11(15)10(14)8-5-4-7(2)9(13)6-8/h4-6,10-11,14-15H,3H2,1-2H3. The quantitative estimate of drug-likeness (QED) is 0.831. The number of carbonyl (C=O) groups excluding carboxylic acids is 1. The van der Waals surface area contributed by atoms with E-state index in [1.807, 2.05) is 6.92 Å². The van der Waals surface area contributed by atoms with Crippen LogP contribution in [0.25, 0.3) is 0 Å². The van der Waals surface area contributed by atoms with E-state index in [-0.39, 0.29) is 6.61 Å². The lowest BCUT2D eigenvalue weighted by atomic mass is 10.0. The molecule has 0 aliphatic rings. The summed E-state index contributed by atoms with van der Waals surface area (Å²) in [5.41, 5.74) is 1.47. The predicted octanol–water partition coefficient (Wildman–Crippen LogP) is 1.71. The minimum Gasteiger partial charge on any atom is -0.464 e. The molecule has 1 rings (SSSR count). The molecule has 2 unspecified atom stereocenters. The number of esters is 1. The van der Waals surface area contributed by atoms with E-state index in [1.165, 1.54) is 0 Å². The summed E-state index contributed by atoms with van der Waals surface area (Å²) in [5, 5.41) is 19.4. The topological polar surface area (TPSA) is 66.8 Å². The van der Waals surface area contributed by atoms with Gasteiger partial charge in [0, 0.05) is 4.47 Å². The Hall–Kier alpha value is -0.910. The molecule has 0 saturated carbocycles. The Bertz CT molecular complexity index is 405. The zero-order valence-electron chi connectivity index (χ0n) is 9.68. The molecule has 1 aromatic rings. The minimum absolute atomic E-state index is 0.167. The Labute approximate surface area is 108 Å². The van der Waals surface area contributed by atoms with Crippen molar-refractivity contribution in [2.24, 2.45) is 0 Å². The highest BCUT2D eigenvalue weighted by atomic mass is 79.9. The molecule has 1 aromatic carbocycles. The van der Waals surface area contributed by atoms with Gasteiger partial charge in [-0.25, -0.2) is 4.79 Å². The summed E-state index contributed by atoms with van der Waals surface area (Å²) in [5.74, 6) is -0.823. The molecule has 0 aromatic heterocycles. The molecule has 17 heavy (non-hydrogen) atoms. The molecule has 2 N–H and O–H groups in total. The van der Waals surface area contributed by atoms with Crippen LogP contribution in [-0.4, -0.2) is 28.9 Å². The molecule has 5 heteroatoms. The zero-order chi connectivity index (χ0) is 13.0. The first-order valence-corrected chi connectivity index (χ1v) is 6.05. The van der Waals surface area contributed by atoms with Crippen molar-refractivity contribution in [3.8, 4) is 0 Å². The number of rotatable bonds is 4. The van der Waals surface area contributed by atoms with E-state index in [0.717, 1.165) is 10.0 Å². The van der Waals surface area contributed by atoms with E-state index >= 15 is 0 Å². The van der Waals surface area contributed by atoms with Gasteiger partial charge in [-0.2, -0.15) is 0 Å². The molecule has 0 aliphatic carbocycles. The molecule has 0 amide bonds. The third kappa shape index (κ3) is 3.52. The van der Waals surface area contributed by atoms with Crippen LogP contribution >= 0.6 is 15.9 Å². The van der Waals surface area contributed by atoms with Gasteiger partial charge in [-0.1, -0.05) is 28.1 Å². The van der Waals surface area contributed by atoms with Gasteiger partial charge in [-0.15, -0.1) is 0 Å². The Morgan fingerprint density at radius 1 is 1.47 bits per heavy atom. The smallest absolute Gasteiger partial charge is 0.338 e. The van der Waals surface area contributed by atoms with Crippen molar-refractivity contribution >= 4 is 21.9 Å². The Balaban J connectivity index is 2.84. The summed E-state index contributed by atoms with van der Waals surface area (Å²) < 4.78 is 5.45. The van der Waals surface area contributed by atoms with Gasteiger partial charge in [0.1, 0.15) is 6.10 Å². The lowest BCUT2D eigenvalue weighted by Gasteiger charge is -2.17. The second-order valence-electron chi connectivity index (χ2n) is 3.65. The first-order chi connectivity index (χ1) is 7.97. The molecule has 0 heterocycles. The maximum Gasteiger partial charge on any atom is 0.338 e. The number of aryl methyl sites for hydroxylation is 1. The number of ether oxygens (including phenoxy) is 1. The first-order valence-electron chi connectivity index (χ1n) is 5.26. The summed E-state index contributed by atoms with van der Waals surface area (Å²) in [4.78, 5) is 11.3. The number of benzene rings is 1. The van der Waals surface area contributed by atoms with Crippen molar-refractivity contribution in [1.29, 1.82) is 0 Å². The van der Waals surface area contributed by atoms with Gasteiger partial charge >= 0.3 is 5.97 Å². The molecule has 0 aliphatic heterocycles. The molecule has 0 spiro atoms. The van der Waals surface area contributed by atoms with Crippen LogP contribution in [0, 0.1) is 6.92 Å². The fourth-order valence-electron chi connectivity index (χ4n) is 1.33. The SMILES string of the molecule is CCOC(=O)C(O)C(O)c1ccc(C)c(Br)c1. The summed E-state index contributed by atoms with van der Waals surface area (Å²) in [6.07, 6.45) is -2.85. The average Bonchev–Trinajstić information content (AvgIpc) is 2.31. The number of aliphatic hydroxyl groups is 2. The van der Waals surface area contributed by atoms with Crippen LogP contribution in [0.3, 0.4) is 0 Å². The van der Waals surface area contributed by atoms with Crippen molar-refractivity contribution < 1.29 is 19.7 Å². The largest absolute Gasteiger partial charge is 0.464 e. The van der Waals surface area contributed by atoms with Gasteiger partial charge in [-0.3, -0.25) is 0 Å². The van der Waals surface area contributed by atoms with Gasteiger partial charge in [0.25, 0.3) is 0 Å². The molecule has 0 bridgehead atoms. The summed E-state index contributed by atoms with van der Waals surface area (Å²) >= 11 is 3.32. The molecule has 0 saturated heterocycles. The second-order valence-corrected chi connectivity index (χ2v) is 4.50. The van der Waals surface area contributed by atoms with Crippen molar-refractivity contribution in [2.75, 3.05) is 6.61 Å².